The molecule has 0 saturated heterocycles. The van der Waals surface area contributed by atoms with Crippen molar-refractivity contribution in [3.63, 3.8) is 0 Å². The lowest BCUT2D eigenvalue weighted by Gasteiger charge is -2.27. The predicted molar refractivity (Wildman–Crippen MR) is 78.6 cm³/mol. The van der Waals surface area contributed by atoms with E-state index >= 15 is 0 Å². The Labute approximate surface area is 119 Å². The van der Waals surface area contributed by atoms with Crippen molar-refractivity contribution in [3.05, 3.63) is 24.3 Å². The van der Waals surface area contributed by atoms with Gasteiger partial charge in [0, 0.05) is 6.54 Å². The summed E-state index contributed by atoms with van der Waals surface area (Å²) in [6.45, 7) is 3.66. The number of β-amino-alcohol motifs (C(OH)–C–C–N with tert-alkyl or cyclic N) is 1. The maximum Gasteiger partial charge on any atom is 0.285 e. The second kappa shape index (κ2) is 6.34. The number of aliphatic hydroxyl groups excluding tert-OH is 1. The fraction of sp³-hybridized carbons (Fsp3) is 0.462. The van der Waals surface area contributed by atoms with E-state index in [1.165, 1.54) is 12.4 Å². The first-order chi connectivity index (χ1) is 9.54. The first-order valence-electron chi connectivity index (χ1n) is 6.59. The van der Waals surface area contributed by atoms with Crippen LogP contribution in [0.2, 0.25) is 0 Å². The minimum absolute atomic E-state index is 0.177. The predicted octanol–water partition coefficient (Wildman–Crippen LogP) is 0.584. The molecule has 1 aromatic carbocycles. The minimum Gasteiger partial charge on any atom is -0.390 e. The SMILES string of the molecule is CCCNCC(O)CN1C=NS(=O)(=O)c2ccccc21. The third kappa shape index (κ3) is 3.36. The van der Waals surface area contributed by atoms with Gasteiger partial charge in [-0.1, -0.05) is 19.1 Å². The topological polar surface area (TPSA) is 82.0 Å². The summed E-state index contributed by atoms with van der Waals surface area (Å²) in [7, 11) is -3.60. The highest BCUT2D eigenvalue weighted by Gasteiger charge is 2.25. The first-order valence-corrected chi connectivity index (χ1v) is 8.03. The molecule has 2 N–H and O–H groups in total. The average Bonchev–Trinajstić information content (AvgIpc) is 2.43. The summed E-state index contributed by atoms with van der Waals surface area (Å²) < 4.78 is 27.2. The van der Waals surface area contributed by atoms with Crippen LogP contribution in [0, 0.1) is 0 Å². The molecule has 1 unspecified atom stereocenters. The van der Waals surface area contributed by atoms with E-state index in [2.05, 4.69) is 16.6 Å². The summed E-state index contributed by atoms with van der Waals surface area (Å²) in [6, 6.07) is 6.66. The molecule has 7 heteroatoms. The number of fused-ring (bicyclic) bond motifs is 1. The van der Waals surface area contributed by atoms with E-state index in [-0.39, 0.29) is 4.90 Å². The van der Waals surface area contributed by atoms with E-state index in [0.29, 0.717) is 18.8 Å². The molecule has 0 radical (unpaired) electrons. The molecule has 0 aliphatic carbocycles. The Morgan fingerprint density at radius 3 is 2.90 bits per heavy atom. The Kier molecular flexibility index (Phi) is 4.74. The van der Waals surface area contributed by atoms with Crippen molar-refractivity contribution in [2.24, 2.45) is 4.40 Å². The molecule has 1 aliphatic heterocycles. The highest BCUT2D eigenvalue weighted by atomic mass is 32.2. The molecule has 6 nitrogen and oxygen atoms in total. The normalized spacial score (nSPS) is 17.8. The van der Waals surface area contributed by atoms with Crippen LogP contribution in [0.1, 0.15) is 13.3 Å². The van der Waals surface area contributed by atoms with E-state index in [4.69, 9.17) is 0 Å². The zero-order valence-corrected chi connectivity index (χ0v) is 12.2. The van der Waals surface area contributed by atoms with Crippen molar-refractivity contribution in [1.29, 1.82) is 0 Å². The van der Waals surface area contributed by atoms with Crippen LogP contribution in [0.15, 0.2) is 33.6 Å². The first kappa shape index (κ1) is 15.0. The van der Waals surface area contributed by atoms with Crippen LogP contribution >= 0.6 is 0 Å². The Morgan fingerprint density at radius 2 is 2.15 bits per heavy atom. The smallest absolute Gasteiger partial charge is 0.285 e. The van der Waals surface area contributed by atoms with Crippen LogP contribution in [0.5, 0.6) is 0 Å². The highest BCUT2D eigenvalue weighted by molar-refractivity contribution is 7.90. The molecular weight excluding hydrogens is 278 g/mol. The van der Waals surface area contributed by atoms with Crippen molar-refractivity contribution >= 4 is 22.0 Å². The molecule has 2 rings (SSSR count). The fourth-order valence-electron chi connectivity index (χ4n) is 2.03. The molecule has 0 spiro atoms. The maximum absolute atomic E-state index is 11.8. The average molecular weight is 297 g/mol. The van der Waals surface area contributed by atoms with Gasteiger partial charge in [0.1, 0.15) is 11.2 Å². The van der Waals surface area contributed by atoms with Gasteiger partial charge in [0.2, 0.25) is 0 Å². The summed E-state index contributed by atoms with van der Waals surface area (Å²) in [4.78, 5) is 1.84. The number of sulfonamides is 1. The lowest BCUT2D eigenvalue weighted by Crippen LogP contribution is -2.39. The molecular formula is C13H19N3O3S. The number of anilines is 1. The summed E-state index contributed by atoms with van der Waals surface area (Å²) in [5.74, 6) is 0. The second-order valence-corrected chi connectivity index (χ2v) is 6.27. The lowest BCUT2D eigenvalue weighted by atomic mass is 10.2. The standard InChI is InChI=1S/C13H19N3O3S/c1-2-7-14-8-11(17)9-16-10-15-20(18,19)13-6-4-3-5-12(13)16/h3-6,10-11,14,17H,2,7-9H2,1H3. The molecule has 20 heavy (non-hydrogen) atoms. The summed E-state index contributed by atoms with van der Waals surface area (Å²) in [5.41, 5.74) is 0.553. The van der Waals surface area contributed by atoms with Crippen molar-refractivity contribution in [3.8, 4) is 0 Å². The fourth-order valence-corrected chi connectivity index (χ4v) is 3.08. The van der Waals surface area contributed by atoms with Gasteiger partial charge in [0.25, 0.3) is 10.0 Å². The van der Waals surface area contributed by atoms with Gasteiger partial charge in [-0.15, -0.1) is 4.40 Å². The molecule has 0 bridgehead atoms. The van der Waals surface area contributed by atoms with E-state index in [0.717, 1.165) is 13.0 Å². The van der Waals surface area contributed by atoms with Crippen molar-refractivity contribution in [2.75, 3.05) is 24.5 Å². The summed E-state index contributed by atoms with van der Waals surface area (Å²) >= 11 is 0. The van der Waals surface area contributed by atoms with Crippen LogP contribution in [0.3, 0.4) is 0 Å². The molecule has 1 aromatic rings. The van der Waals surface area contributed by atoms with Crippen LogP contribution in [-0.4, -0.2) is 45.6 Å². The van der Waals surface area contributed by atoms with Crippen molar-refractivity contribution in [1.82, 2.24) is 5.32 Å². The number of aliphatic hydroxyl groups is 1. The van der Waals surface area contributed by atoms with Crippen LogP contribution < -0.4 is 10.2 Å². The Morgan fingerprint density at radius 1 is 1.40 bits per heavy atom. The molecule has 110 valence electrons. The van der Waals surface area contributed by atoms with Gasteiger partial charge in [0.05, 0.1) is 18.3 Å². The van der Waals surface area contributed by atoms with E-state index in [1.807, 2.05) is 0 Å². The Hall–Kier alpha value is -1.44. The number of benzene rings is 1. The van der Waals surface area contributed by atoms with Crippen LogP contribution in [0.4, 0.5) is 5.69 Å². The lowest BCUT2D eigenvalue weighted by molar-refractivity contribution is 0.180. The summed E-state index contributed by atoms with van der Waals surface area (Å²) in [6.07, 6.45) is 1.67. The van der Waals surface area contributed by atoms with Gasteiger partial charge in [-0.25, -0.2) is 0 Å². The maximum atomic E-state index is 11.8. The van der Waals surface area contributed by atoms with Gasteiger partial charge < -0.3 is 15.3 Å². The molecule has 1 heterocycles. The number of hydrogen-bond acceptors (Lipinski definition) is 5. The van der Waals surface area contributed by atoms with Gasteiger partial charge in [-0.05, 0) is 25.1 Å². The van der Waals surface area contributed by atoms with E-state index in [1.54, 1.807) is 23.1 Å². The molecule has 0 aromatic heterocycles. The van der Waals surface area contributed by atoms with E-state index < -0.39 is 16.1 Å². The monoisotopic (exact) mass is 297 g/mol. The van der Waals surface area contributed by atoms with Crippen LogP contribution in [-0.2, 0) is 10.0 Å². The van der Waals surface area contributed by atoms with Crippen molar-refractivity contribution < 1.29 is 13.5 Å². The number of nitrogens with one attached hydrogen (secondary N) is 1. The molecule has 1 aliphatic rings. The molecule has 0 fully saturated rings. The van der Waals surface area contributed by atoms with Crippen LogP contribution in [0.25, 0.3) is 0 Å². The number of para-hydroxylation sites is 1. The number of rotatable bonds is 6. The van der Waals surface area contributed by atoms with Crippen molar-refractivity contribution in [2.45, 2.75) is 24.3 Å². The summed E-state index contributed by atoms with van der Waals surface area (Å²) in [5, 5.41) is 13.1. The Bertz CT molecular complexity index is 586. The third-order valence-electron chi connectivity index (χ3n) is 2.99. The molecule has 0 saturated carbocycles. The van der Waals surface area contributed by atoms with Gasteiger partial charge in [-0.2, -0.15) is 8.42 Å². The second-order valence-electron chi connectivity index (χ2n) is 4.67. The number of hydrogen-bond donors (Lipinski definition) is 2. The van der Waals surface area contributed by atoms with Gasteiger partial charge in [0.15, 0.2) is 0 Å². The largest absolute Gasteiger partial charge is 0.390 e. The highest BCUT2D eigenvalue weighted by Crippen LogP contribution is 2.29. The Balaban J connectivity index is 2.11. The zero-order valence-electron chi connectivity index (χ0n) is 11.4. The van der Waals surface area contributed by atoms with Gasteiger partial charge in [-0.3, -0.25) is 0 Å². The zero-order chi connectivity index (χ0) is 14.6. The third-order valence-corrected chi connectivity index (χ3v) is 4.26. The number of nitrogens with zero attached hydrogens (tertiary/aromatic N) is 2. The van der Waals surface area contributed by atoms with E-state index in [9.17, 15) is 13.5 Å². The quantitative estimate of drug-likeness (QED) is 0.751. The molecule has 0 amide bonds. The minimum atomic E-state index is -3.60. The van der Waals surface area contributed by atoms with Gasteiger partial charge >= 0.3 is 0 Å². The molecule has 1 atom stereocenters.